The maximum absolute atomic E-state index is 13.7. The Bertz CT molecular complexity index is 638. The molecule has 0 saturated carbocycles. The van der Waals surface area contributed by atoms with E-state index in [0.29, 0.717) is 10.6 Å². The molecule has 2 aromatic carbocycles. The predicted molar refractivity (Wildman–Crippen MR) is 83.0 cm³/mol. The molecular weight excluding hydrogens is 298 g/mol. The minimum atomic E-state index is -0.417. The average Bonchev–Trinajstić information content (AvgIpc) is 2.46. The fraction of sp³-hybridized carbons (Fsp3) is 0.125. The molecule has 104 valence electrons. The Kier molecular flexibility index (Phi) is 5.05. The number of methoxy groups -OCH3 is 1. The minimum absolute atomic E-state index is 0.209. The molecule has 0 aliphatic carbocycles. The van der Waals surface area contributed by atoms with Crippen molar-refractivity contribution >= 4 is 34.9 Å². The molecule has 0 unspecified atom stereocenters. The Hall–Kier alpha value is -1.51. The molecule has 0 aliphatic rings. The molecule has 1 nitrogen and oxygen atoms in total. The van der Waals surface area contributed by atoms with Crippen molar-refractivity contribution < 1.29 is 9.13 Å². The van der Waals surface area contributed by atoms with Gasteiger partial charge in [-0.1, -0.05) is 35.9 Å². The Morgan fingerprint density at radius 1 is 1.25 bits per heavy atom. The van der Waals surface area contributed by atoms with Crippen LogP contribution in [0.5, 0.6) is 5.75 Å². The van der Waals surface area contributed by atoms with Crippen LogP contribution in [-0.4, -0.2) is 13.0 Å². The van der Waals surface area contributed by atoms with Crippen molar-refractivity contribution in [2.24, 2.45) is 0 Å². The van der Waals surface area contributed by atoms with Gasteiger partial charge in [0.25, 0.3) is 0 Å². The van der Waals surface area contributed by atoms with Gasteiger partial charge in [0.15, 0.2) is 11.6 Å². The van der Waals surface area contributed by atoms with Gasteiger partial charge < -0.3 is 4.74 Å². The first-order valence-corrected chi connectivity index (χ1v) is 6.92. The summed E-state index contributed by atoms with van der Waals surface area (Å²) in [4.78, 5) is 0. The van der Waals surface area contributed by atoms with Crippen molar-refractivity contribution in [2.45, 2.75) is 0 Å². The van der Waals surface area contributed by atoms with Gasteiger partial charge in [0, 0.05) is 10.9 Å². The van der Waals surface area contributed by atoms with Crippen LogP contribution in [0.1, 0.15) is 11.1 Å². The monoisotopic (exact) mass is 310 g/mol. The van der Waals surface area contributed by atoms with Crippen LogP contribution >= 0.6 is 23.2 Å². The van der Waals surface area contributed by atoms with E-state index in [-0.39, 0.29) is 11.6 Å². The SMILES string of the molecule is COc1ccc(C(=Cc2ccccc2Cl)CCl)cc1F. The second-order valence-corrected chi connectivity index (χ2v) is 4.85. The Balaban J connectivity index is 2.42. The summed E-state index contributed by atoms with van der Waals surface area (Å²) in [6.45, 7) is 0. The number of halogens is 3. The highest BCUT2D eigenvalue weighted by Gasteiger charge is 2.07. The van der Waals surface area contributed by atoms with E-state index in [1.807, 2.05) is 24.3 Å². The van der Waals surface area contributed by atoms with E-state index in [1.165, 1.54) is 13.2 Å². The first kappa shape index (κ1) is 14.9. The highest BCUT2D eigenvalue weighted by molar-refractivity contribution is 6.32. The van der Waals surface area contributed by atoms with Crippen LogP contribution in [0, 0.1) is 5.82 Å². The van der Waals surface area contributed by atoms with Crippen molar-refractivity contribution in [1.29, 1.82) is 0 Å². The van der Waals surface area contributed by atoms with Gasteiger partial charge in [-0.3, -0.25) is 0 Å². The molecule has 0 saturated heterocycles. The summed E-state index contributed by atoms with van der Waals surface area (Å²) in [5.74, 6) is 0.0531. The Morgan fingerprint density at radius 2 is 2.00 bits per heavy atom. The van der Waals surface area contributed by atoms with E-state index < -0.39 is 5.82 Å². The number of alkyl halides is 1. The van der Waals surface area contributed by atoms with E-state index in [1.54, 1.807) is 18.2 Å². The molecule has 0 fully saturated rings. The fourth-order valence-corrected chi connectivity index (χ4v) is 2.27. The van der Waals surface area contributed by atoms with E-state index in [0.717, 1.165) is 11.1 Å². The fourth-order valence-electron chi connectivity index (χ4n) is 1.85. The van der Waals surface area contributed by atoms with E-state index >= 15 is 0 Å². The smallest absolute Gasteiger partial charge is 0.165 e. The maximum atomic E-state index is 13.7. The summed E-state index contributed by atoms with van der Waals surface area (Å²) in [6, 6.07) is 12.2. The number of allylic oxidation sites excluding steroid dienone is 1. The lowest BCUT2D eigenvalue weighted by Crippen LogP contribution is -1.92. The van der Waals surface area contributed by atoms with Crippen molar-refractivity contribution in [3.05, 3.63) is 64.4 Å². The summed E-state index contributed by atoms with van der Waals surface area (Å²) in [5.41, 5.74) is 2.35. The second-order valence-electron chi connectivity index (χ2n) is 4.17. The summed E-state index contributed by atoms with van der Waals surface area (Å²) in [5, 5.41) is 0.629. The van der Waals surface area contributed by atoms with Gasteiger partial charge in [0.05, 0.1) is 7.11 Å². The topological polar surface area (TPSA) is 9.23 Å². The molecule has 0 spiro atoms. The third-order valence-corrected chi connectivity index (χ3v) is 3.53. The van der Waals surface area contributed by atoms with Crippen molar-refractivity contribution in [3.8, 4) is 5.75 Å². The van der Waals surface area contributed by atoms with Crippen LogP contribution in [0.4, 0.5) is 4.39 Å². The number of rotatable bonds is 4. The van der Waals surface area contributed by atoms with Crippen LogP contribution in [0.15, 0.2) is 42.5 Å². The summed E-state index contributed by atoms with van der Waals surface area (Å²) in [6.07, 6.45) is 1.86. The summed E-state index contributed by atoms with van der Waals surface area (Å²) < 4.78 is 18.6. The van der Waals surface area contributed by atoms with E-state index in [4.69, 9.17) is 27.9 Å². The molecular formula is C16H13Cl2FO. The highest BCUT2D eigenvalue weighted by atomic mass is 35.5. The Morgan fingerprint density at radius 3 is 2.60 bits per heavy atom. The van der Waals surface area contributed by atoms with Crippen molar-refractivity contribution in [1.82, 2.24) is 0 Å². The van der Waals surface area contributed by atoms with E-state index in [9.17, 15) is 4.39 Å². The Labute approximate surface area is 127 Å². The van der Waals surface area contributed by atoms with Gasteiger partial charge in [0.1, 0.15) is 0 Å². The molecule has 4 heteroatoms. The molecule has 2 aromatic rings. The molecule has 0 aromatic heterocycles. The number of hydrogen-bond acceptors (Lipinski definition) is 1. The molecule has 0 bridgehead atoms. The molecule has 0 radical (unpaired) electrons. The maximum Gasteiger partial charge on any atom is 0.165 e. The van der Waals surface area contributed by atoms with Gasteiger partial charge in [-0.15, -0.1) is 11.6 Å². The third kappa shape index (κ3) is 3.33. The molecule has 2 rings (SSSR count). The second kappa shape index (κ2) is 6.78. The highest BCUT2D eigenvalue weighted by Crippen LogP contribution is 2.27. The summed E-state index contributed by atoms with van der Waals surface area (Å²) in [7, 11) is 1.43. The van der Waals surface area contributed by atoms with Gasteiger partial charge in [0.2, 0.25) is 0 Å². The zero-order valence-electron chi connectivity index (χ0n) is 10.9. The first-order valence-electron chi connectivity index (χ1n) is 6.00. The van der Waals surface area contributed by atoms with Crippen molar-refractivity contribution in [3.63, 3.8) is 0 Å². The summed E-state index contributed by atoms with van der Waals surface area (Å²) >= 11 is 12.1. The molecule has 20 heavy (non-hydrogen) atoms. The van der Waals surface area contributed by atoms with Gasteiger partial charge in [-0.2, -0.15) is 0 Å². The number of hydrogen-bond donors (Lipinski definition) is 0. The van der Waals surface area contributed by atoms with Crippen LogP contribution in [0.3, 0.4) is 0 Å². The average molecular weight is 311 g/mol. The van der Waals surface area contributed by atoms with Gasteiger partial charge in [-0.05, 0) is 41.0 Å². The van der Waals surface area contributed by atoms with Gasteiger partial charge >= 0.3 is 0 Å². The van der Waals surface area contributed by atoms with E-state index in [2.05, 4.69) is 0 Å². The molecule has 0 amide bonds. The predicted octanol–water partition coefficient (Wildman–Crippen LogP) is 5.27. The normalized spacial score (nSPS) is 11.5. The lowest BCUT2D eigenvalue weighted by Gasteiger charge is -2.08. The molecule has 0 atom stereocenters. The zero-order chi connectivity index (χ0) is 14.5. The standard InChI is InChI=1S/C16H13Cl2FO/c1-20-16-7-6-11(9-15(16)19)13(10-17)8-12-4-2-3-5-14(12)18/h2-9H,10H2,1H3. The van der Waals surface area contributed by atoms with Gasteiger partial charge in [-0.25, -0.2) is 4.39 Å². The lowest BCUT2D eigenvalue weighted by atomic mass is 10.0. The third-order valence-electron chi connectivity index (χ3n) is 2.90. The largest absolute Gasteiger partial charge is 0.494 e. The number of benzene rings is 2. The van der Waals surface area contributed by atoms with Crippen LogP contribution in [0.2, 0.25) is 5.02 Å². The molecule has 0 N–H and O–H groups in total. The van der Waals surface area contributed by atoms with Crippen LogP contribution in [0.25, 0.3) is 11.6 Å². The number of ether oxygens (including phenoxy) is 1. The van der Waals surface area contributed by atoms with Crippen LogP contribution < -0.4 is 4.74 Å². The van der Waals surface area contributed by atoms with Crippen molar-refractivity contribution in [2.75, 3.05) is 13.0 Å². The van der Waals surface area contributed by atoms with Crippen LogP contribution in [-0.2, 0) is 0 Å². The molecule has 0 heterocycles. The lowest BCUT2D eigenvalue weighted by molar-refractivity contribution is 0.386. The zero-order valence-corrected chi connectivity index (χ0v) is 12.4. The minimum Gasteiger partial charge on any atom is -0.494 e. The quantitative estimate of drug-likeness (QED) is 0.552. The molecule has 0 aliphatic heterocycles. The first-order chi connectivity index (χ1) is 9.65.